The van der Waals surface area contributed by atoms with Crippen molar-refractivity contribution in [1.82, 2.24) is 19.8 Å². The zero-order valence-electron chi connectivity index (χ0n) is 11.7. The number of ketones is 1. The van der Waals surface area contributed by atoms with Crippen LogP contribution in [0.1, 0.15) is 50.6 Å². The second-order valence-electron chi connectivity index (χ2n) is 6.02. The third kappa shape index (κ3) is 2.25. The number of Topliss-reactive ketones (excluding diaryl/α,β-unsaturated/α-hetero) is 1. The topological polar surface area (TPSA) is 71.2 Å². The van der Waals surface area contributed by atoms with E-state index in [9.17, 15) is 4.79 Å². The molecule has 0 radical (unpaired) electrons. The first-order valence-corrected chi connectivity index (χ1v) is 7.98. The number of hydrogen-bond acceptors (Lipinski definition) is 6. The number of carbonyl (C=O) groups is 1. The average Bonchev–Trinajstić information content (AvgIpc) is 3.10. The van der Waals surface area contributed by atoms with Crippen molar-refractivity contribution in [3.8, 4) is 0 Å². The summed E-state index contributed by atoms with van der Waals surface area (Å²) in [5, 5.41) is 8.44. The minimum absolute atomic E-state index is 0.0390. The molecule has 21 heavy (non-hydrogen) atoms. The molecule has 1 aromatic heterocycles. The molecule has 2 bridgehead atoms. The number of ether oxygens (including phenoxy) is 2. The van der Waals surface area contributed by atoms with Gasteiger partial charge in [0.25, 0.3) is 0 Å². The molecule has 1 saturated carbocycles. The molecule has 3 heterocycles. The largest absolute Gasteiger partial charge is 0.343 e. The Morgan fingerprint density at radius 2 is 1.90 bits per heavy atom. The lowest BCUT2D eigenvalue weighted by molar-refractivity contribution is -0.156. The van der Waals surface area contributed by atoms with Crippen LogP contribution in [0.25, 0.3) is 0 Å². The van der Waals surface area contributed by atoms with E-state index in [-0.39, 0.29) is 17.9 Å². The number of fused-ring (bicyclic) bond motifs is 2. The fraction of sp³-hybridized carbons (Fsp3) is 0.846. The molecule has 0 amide bonds. The molecular weight excluding hydrogens is 292 g/mol. The van der Waals surface area contributed by atoms with Gasteiger partial charge in [-0.25, -0.2) is 9.36 Å². The van der Waals surface area contributed by atoms with Gasteiger partial charge in [0.15, 0.2) is 5.78 Å². The van der Waals surface area contributed by atoms with Crippen LogP contribution in [0.3, 0.4) is 0 Å². The number of carbonyl (C=O) groups excluding carboxylic acids is 1. The Morgan fingerprint density at radius 3 is 2.71 bits per heavy atom. The Hall–Kier alpha value is -1.12. The summed E-state index contributed by atoms with van der Waals surface area (Å²) in [6.07, 6.45) is 5.41. The highest BCUT2D eigenvalue weighted by molar-refractivity contribution is 7.71. The van der Waals surface area contributed by atoms with Crippen molar-refractivity contribution in [3.63, 3.8) is 0 Å². The van der Waals surface area contributed by atoms with Crippen molar-refractivity contribution >= 4 is 18.0 Å². The molecule has 1 aliphatic carbocycles. The summed E-state index contributed by atoms with van der Waals surface area (Å²) in [6.45, 7) is 0.416. The van der Waals surface area contributed by atoms with Crippen molar-refractivity contribution in [2.75, 3.05) is 6.61 Å². The van der Waals surface area contributed by atoms with E-state index in [0.29, 0.717) is 23.8 Å². The van der Waals surface area contributed by atoms with E-state index < -0.39 is 6.29 Å². The fourth-order valence-corrected chi connectivity index (χ4v) is 3.86. The maximum atomic E-state index is 11.9. The predicted molar refractivity (Wildman–Crippen MR) is 74.2 cm³/mol. The molecule has 8 heteroatoms. The van der Waals surface area contributed by atoms with E-state index in [1.54, 1.807) is 4.68 Å². The molecule has 3 atom stereocenters. The van der Waals surface area contributed by atoms with Crippen LogP contribution >= 0.6 is 12.2 Å². The molecular formula is C13H18N4O3S. The number of tetrazole rings is 1. The molecule has 3 aliphatic rings. The van der Waals surface area contributed by atoms with E-state index >= 15 is 0 Å². The van der Waals surface area contributed by atoms with Crippen molar-refractivity contribution < 1.29 is 14.3 Å². The van der Waals surface area contributed by atoms with Gasteiger partial charge in [-0.3, -0.25) is 4.79 Å². The summed E-state index contributed by atoms with van der Waals surface area (Å²) in [7, 11) is 0. The molecule has 7 nitrogen and oxygen atoms in total. The maximum absolute atomic E-state index is 11.9. The highest BCUT2D eigenvalue weighted by atomic mass is 32.1. The molecule has 0 spiro atoms. The zero-order chi connectivity index (χ0) is 14.4. The lowest BCUT2D eigenvalue weighted by Crippen LogP contribution is -2.37. The summed E-state index contributed by atoms with van der Waals surface area (Å²) in [4.78, 5) is 11.9. The third-order valence-electron chi connectivity index (χ3n) is 4.67. The standard InChI is InChI=1S/C13H18N4O3S/c18-10-6-9(11-7-19-12(10)20-11)17-13(21)16(14-15-17)8-4-2-1-3-5-8/h8-9,11-12H,1-7H2/t9-,11+,12+/m1/s1. The summed E-state index contributed by atoms with van der Waals surface area (Å²) >= 11 is 5.53. The Morgan fingerprint density at radius 1 is 1.14 bits per heavy atom. The first-order chi connectivity index (χ1) is 10.2. The average molecular weight is 310 g/mol. The Kier molecular flexibility index (Phi) is 3.39. The minimum Gasteiger partial charge on any atom is -0.343 e. The Balaban J connectivity index is 1.62. The first kappa shape index (κ1) is 13.5. The third-order valence-corrected chi connectivity index (χ3v) is 5.05. The van der Waals surface area contributed by atoms with E-state index in [1.165, 1.54) is 19.3 Å². The Bertz CT molecular complexity index is 607. The van der Waals surface area contributed by atoms with Crippen LogP contribution in [-0.4, -0.2) is 44.6 Å². The van der Waals surface area contributed by atoms with Gasteiger partial charge in [0.2, 0.25) is 11.1 Å². The molecule has 3 fully saturated rings. The summed E-state index contributed by atoms with van der Waals surface area (Å²) in [5.41, 5.74) is 0. The number of rotatable bonds is 2. The van der Waals surface area contributed by atoms with Crippen LogP contribution in [0.5, 0.6) is 0 Å². The quantitative estimate of drug-likeness (QED) is 0.772. The van der Waals surface area contributed by atoms with E-state index in [0.717, 1.165) is 12.8 Å². The van der Waals surface area contributed by atoms with Crippen molar-refractivity contribution in [3.05, 3.63) is 4.77 Å². The van der Waals surface area contributed by atoms with Gasteiger partial charge in [0.05, 0.1) is 18.7 Å². The van der Waals surface area contributed by atoms with Gasteiger partial charge >= 0.3 is 0 Å². The summed E-state index contributed by atoms with van der Waals surface area (Å²) in [5.74, 6) is -0.0390. The van der Waals surface area contributed by atoms with Crippen molar-refractivity contribution in [1.29, 1.82) is 0 Å². The molecule has 2 saturated heterocycles. The lowest BCUT2D eigenvalue weighted by atomic mass is 9.96. The van der Waals surface area contributed by atoms with Gasteiger partial charge in [0.1, 0.15) is 6.10 Å². The SMILES string of the molecule is O=C1C[C@@H](n2nnn(C3CCCCC3)c2=S)[C@@H]2CO[C@H]1O2. The Labute approximate surface area is 127 Å². The molecule has 4 rings (SSSR count). The molecule has 0 N–H and O–H groups in total. The highest BCUT2D eigenvalue weighted by Crippen LogP contribution is 2.33. The normalized spacial score (nSPS) is 33.5. The molecule has 0 unspecified atom stereocenters. The van der Waals surface area contributed by atoms with Gasteiger partial charge in [-0.1, -0.05) is 19.3 Å². The highest BCUT2D eigenvalue weighted by Gasteiger charge is 2.45. The molecule has 2 aliphatic heterocycles. The van der Waals surface area contributed by atoms with Crippen LogP contribution < -0.4 is 0 Å². The van der Waals surface area contributed by atoms with Gasteiger partial charge in [0, 0.05) is 6.42 Å². The number of aromatic nitrogens is 4. The molecule has 0 aromatic carbocycles. The van der Waals surface area contributed by atoms with Gasteiger partial charge in [-0.05, 0) is 35.5 Å². The summed E-state index contributed by atoms with van der Waals surface area (Å²) in [6, 6.07) is 0.147. The zero-order valence-corrected chi connectivity index (χ0v) is 12.5. The lowest BCUT2D eigenvalue weighted by Gasteiger charge is -2.26. The van der Waals surface area contributed by atoms with Crippen LogP contribution in [0.15, 0.2) is 0 Å². The van der Waals surface area contributed by atoms with Crippen molar-refractivity contribution in [2.45, 2.75) is 63.0 Å². The predicted octanol–water partition coefficient (Wildman–Crippen LogP) is 1.57. The van der Waals surface area contributed by atoms with Gasteiger partial charge < -0.3 is 9.47 Å². The van der Waals surface area contributed by atoms with Crippen molar-refractivity contribution in [2.24, 2.45) is 0 Å². The van der Waals surface area contributed by atoms with Crippen LogP contribution in [0, 0.1) is 4.77 Å². The van der Waals surface area contributed by atoms with Crippen LogP contribution in [0.4, 0.5) is 0 Å². The minimum atomic E-state index is -0.686. The summed E-state index contributed by atoms with van der Waals surface area (Å²) < 4.78 is 15.0. The fourth-order valence-electron chi connectivity index (χ4n) is 3.50. The van der Waals surface area contributed by atoms with E-state index in [2.05, 4.69) is 10.4 Å². The van der Waals surface area contributed by atoms with E-state index in [4.69, 9.17) is 21.7 Å². The monoisotopic (exact) mass is 310 g/mol. The van der Waals surface area contributed by atoms with Gasteiger partial charge in [-0.15, -0.1) is 0 Å². The number of nitrogens with zero attached hydrogens (tertiary/aromatic N) is 4. The maximum Gasteiger partial charge on any atom is 0.218 e. The smallest absolute Gasteiger partial charge is 0.218 e. The van der Waals surface area contributed by atoms with Crippen LogP contribution in [0.2, 0.25) is 0 Å². The molecule has 114 valence electrons. The second-order valence-corrected chi connectivity index (χ2v) is 6.39. The first-order valence-electron chi connectivity index (χ1n) is 7.58. The molecule has 1 aromatic rings. The van der Waals surface area contributed by atoms with E-state index in [1.807, 2.05) is 4.68 Å². The second kappa shape index (κ2) is 5.26. The van der Waals surface area contributed by atoms with Gasteiger partial charge in [-0.2, -0.15) is 0 Å². The van der Waals surface area contributed by atoms with Crippen LogP contribution in [-0.2, 0) is 14.3 Å². The number of hydrogen-bond donors (Lipinski definition) is 0.